The van der Waals surface area contributed by atoms with Gasteiger partial charge in [0.05, 0.1) is 6.61 Å². The molecule has 1 aliphatic rings. The fourth-order valence-electron chi connectivity index (χ4n) is 2.40. The van der Waals surface area contributed by atoms with E-state index >= 15 is 0 Å². The van der Waals surface area contributed by atoms with Crippen LogP contribution < -0.4 is 0 Å². The minimum Gasteiger partial charge on any atom is -0.368 e. The summed E-state index contributed by atoms with van der Waals surface area (Å²) in [5, 5.41) is 0. The third-order valence-corrected chi connectivity index (χ3v) is 3.52. The summed E-state index contributed by atoms with van der Waals surface area (Å²) in [5.74, 6) is 0.779. The second kappa shape index (κ2) is 7.12. The van der Waals surface area contributed by atoms with Crippen LogP contribution in [0.1, 0.15) is 47.0 Å². The molecule has 3 nitrogen and oxygen atoms in total. The van der Waals surface area contributed by atoms with Crippen LogP contribution in [0, 0.1) is 5.92 Å². The zero-order valence-corrected chi connectivity index (χ0v) is 11.7. The molecule has 0 aromatic carbocycles. The Morgan fingerprint density at radius 1 is 1.41 bits per heavy atom. The predicted molar refractivity (Wildman–Crippen MR) is 70.1 cm³/mol. The molecule has 0 aliphatic carbocycles. The Morgan fingerprint density at radius 2 is 2.12 bits per heavy atom. The zero-order valence-electron chi connectivity index (χ0n) is 11.7. The van der Waals surface area contributed by atoms with E-state index in [4.69, 9.17) is 4.74 Å². The Bertz CT molecular complexity index is 240. The van der Waals surface area contributed by atoms with Crippen molar-refractivity contribution < 1.29 is 9.53 Å². The largest absolute Gasteiger partial charge is 0.368 e. The van der Waals surface area contributed by atoms with Gasteiger partial charge in [0.1, 0.15) is 6.10 Å². The van der Waals surface area contributed by atoms with Gasteiger partial charge in [-0.3, -0.25) is 9.69 Å². The molecule has 0 aromatic heterocycles. The molecule has 17 heavy (non-hydrogen) atoms. The second-order valence-corrected chi connectivity index (χ2v) is 5.51. The minimum atomic E-state index is -0.189. The van der Waals surface area contributed by atoms with E-state index in [1.165, 1.54) is 0 Å². The number of morpholine rings is 1. The van der Waals surface area contributed by atoms with Crippen molar-refractivity contribution in [3.05, 3.63) is 0 Å². The van der Waals surface area contributed by atoms with E-state index in [2.05, 4.69) is 32.6 Å². The molecule has 0 radical (unpaired) electrons. The van der Waals surface area contributed by atoms with Gasteiger partial charge in [-0.25, -0.2) is 0 Å². The molecule has 0 bridgehead atoms. The summed E-state index contributed by atoms with van der Waals surface area (Å²) in [7, 11) is 0. The predicted octanol–water partition coefficient (Wildman–Crippen LogP) is 2.49. The maximum absolute atomic E-state index is 12.1. The summed E-state index contributed by atoms with van der Waals surface area (Å²) < 4.78 is 5.61. The molecule has 2 atom stereocenters. The molecule has 0 saturated carbocycles. The molecule has 1 aliphatic heterocycles. The fourth-order valence-corrected chi connectivity index (χ4v) is 2.40. The quantitative estimate of drug-likeness (QED) is 0.715. The maximum atomic E-state index is 12.1. The van der Waals surface area contributed by atoms with E-state index < -0.39 is 0 Å². The van der Waals surface area contributed by atoms with Crippen LogP contribution in [0.15, 0.2) is 0 Å². The first-order valence-corrected chi connectivity index (χ1v) is 6.93. The topological polar surface area (TPSA) is 29.5 Å². The first-order chi connectivity index (χ1) is 8.04. The molecule has 100 valence electrons. The number of carbonyl (C=O) groups excluding carboxylic acids is 1. The number of carbonyl (C=O) groups is 1. The molecular formula is C14H27NO2. The number of rotatable bonds is 6. The lowest BCUT2D eigenvalue weighted by molar-refractivity contribution is -0.138. The van der Waals surface area contributed by atoms with Crippen molar-refractivity contribution in [2.45, 2.75) is 59.1 Å². The van der Waals surface area contributed by atoms with Gasteiger partial charge in [-0.05, 0) is 19.8 Å². The standard InChI is InChI=1S/C14H27NO2/c1-5-6-12(4)9-13(16)14-10-15(11(2)3)7-8-17-14/h11-12,14H,5-10H2,1-4H3. The van der Waals surface area contributed by atoms with Crippen molar-refractivity contribution in [3.63, 3.8) is 0 Å². The molecule has 0 amide bonds. The molecule has 0 spiro atoms. The van der Waals surface area contributed by atoms with E-state index in [-0.39, 0.29) is 11.9 Å². The molecule has 1 fully saturated rings. The van der Waals surface area contributed by atoms with Crippen molar-refractivity contribution in [1.82, 2.24) is 4.90 Å². The van der Waals surface area contributed by atoms with Gasteiger partial charge < -0.3 is 4.74 Å². The van der Waals surface area contributed by atoms with Gasteiger partial charge in [0.2, 0.25) is 0 Å². The summed E-state index contributed by atoms with van der Waals surface area (Å²) >= 11 is 0. The van der Waals surface area contributed by atoms with Crippen LogP contribution in [0.25, 0.3) is 0 Å². The summed E-state index contributed by atoms with van der Waals surface area (Å²) in [5.41, 5.74) is 0. The molecule has 0 aromatic rings. The smallest absolute Gasteiger partial charge is 0.163 e. The van der Waals surface area contributed by atoms with Gasteiger partial charge in [-0.1, -0.05) is 26.7 Å². The molecule has 3 heteroatoms. The number of nitrogens with zero attached hydrogens (tertiary/aromatic N) is 1. The van der Waals surface area contributed by atoms with Crippen molar-refractivity contribution in [2.24, 2.45) is 5.92 Å². The summed E-state index contributed by atoms with van der Waals surface area (Å²) in [6.07, 6.45) is 2.76. The van der Waals surface area contributed by atoms with E-state index in [9.17, 15) is 4.79 Å². The molecule has 2 unspecified atom stereocenters. The fraction of sp³-hybridized carbons (Fsp3) is 0.929. The van der Waals surface area contributed by atoms with Crippen LogP contribution in [0.3, 0.4) is 0 Å². The van der Waals surface area contributed by atoms with Gasteiger partial charge >= 0.3 is 0 Å². The highest BCUT2D eigenvalue weighted by atomic mass is 16.5. The number of hydrogen-bond donors (Lipinski definition) is 0. The Morgan fingerprint density at radius 3 is 2.71 bits per heavy atom. The van der Waals surface area contributed by atoms with Crippen molar-refractivity contribution in [2.75, 3.05) is 19.7 Å². The summed E-state index contributed by atoms with van der Waals surface area (Å²) in [6.45, 7) is 11.1. The highest BCUT2D eigenvalue weighted by molar-refractivity contribution is 5.83. The first-order valence-electron chi connectivity index (χ1n) is 6.93. The van der Waals surface area contributed by atoms with Crippen LogP contribution in [0.5, 0.6) is 0 Å². The molecule has 1 heterocycles. The number of Topliss-reactive ketones (excluding diaryl/α,β-unsaturated/α-hetero) is 1. The number of hydrogen-bond acceptors (Lipinski definition) is 3. The monoisotopic (exact) mass is 241 g/mol. The van der Waals surface area contributed by atoms with Crippen LogP contribution in [-0.4, -0.2) is 42.5 Å². The molecule has 1 saturated heterocycles. The van der Waals surface area contributed by atoms with Gasteiger partial charge in [-0.2, -0.15) is 0 Å². The Balaban J connectivity index is 2.40. The van der Waals surface area contributed by atoms with E-state index in [1.807, 2.05) is 0 Å². The van der Waals surface area contributed by atoms with Crippen molar-refractivity contribution >= 4 is 5.78 Å². The lowest BCUT2D eigenvalue weighted by Gasteiger charge is -2.35. The summed E-state index contributed by atoms with van der Waals surface area (Å²) in [4.78, 5) is 14.4. The number of ether oxygens (including phenoxy) is 1. The van der Waals surface area contributed by atoms with E-state index in [0.29, 0.717) is 25.0 Å². The summed E-state index contributed by atoms with van der Waals surface area (Å²) in [6, 6.07) is 0.502. The lowest BCUT2D eigenvalue weighted by Crippen LogP contribution is -2.48. The second-order valence-electron chi connectivity index (χ2n) is 5.51. The first kappa shape index (κ1) is 14.7. The van der Waals surface area contributed by atoms with Gasteiger partial charge in [0, 0.05) is 25.6 Å². The Labute approximate surface area is 106 Å². The van der Waals surface area contributed by atoms with Crippen LogP contribution in [0.2, 0.25) is 0 Å². The molecule has 0 N–H and O–H groups in total. The van der Waals surface area contributed by atoms with Gasteiger partial charge in [-0.15, -0.1) is 0 Å². The van der Waals surface area contributed by atoms with E-state index in [1.54, 1.807) is 0 Å². The lowest BCUT2D eigenvalue weighted by atomic mass is 9.96. The van der Waals surface area contributed by atoms with E-state index in [0.717, 1.165) is 25.9 Å². The zero-order chi connectivity index (χ0) is 12.8. The molecular weight excluding hydrogens is 214 g/mol. The van der Waals surface area contributed by atoms with Crippen molar-refractivity contribution in [1.29, 1.82) is 0 Å². The Hall–Kier alpha value is -0.410. The average molecular weight is 241 g/mol. The maximum Gasteiger partial charge on any atom is 0.163 e. The third kappa shape index (κ3) is 4.76. The number of ketones is 1. The van der Waals surface area contributed by atoms with Gasteiger partial charge in [0.15, 0.2) is 5.78 Å². The normalized spacial score (nSPS) is 23.9. The third-order valence-electron chi connectivity index (χ3n) is 3.52. The van der Waals surface area contributed by atoms with Crippen LogP contribution in [0.4, 0.5) is 0 Å². The average Bonchev–Trinajstić information content (AvgIpc) is 2.29. The SMILES string of the molecule is CCCC(C)CC(=O)C1CN(C(C)C)CCO1. The van der Waals surface area contributed by atoms with Crippen molar-refractivity contribution in [3.8, 4) is 0 Å². The van der Waals surface area contributed by atoms with Gasteiger partial charge in [0.25, 0.3) is 0 Å². The van der Waals surface area contributed by atoms with Crippen LogP contribution in [-0.2, 0) is 9.53 Å². The molecule has 1 rings (SSSR count). The minimum absolute atomic E-state index is 0.189. The highest BCUT2D eigenvalue weighted by Gasteiger charge is 2.28. The van der Waals surface area contributed by atoms with Crippen LogP contribution >= 0.6 is 0 Å². The highest BCUT2D eigenvalue weighted by Crippen LogP contribution is 2.16. The Kier molecular flexibility index (Phi) is 6.14.